The van der Waals surface area contributed by atoms with Crippen LogP contribution in [-0.2, 0) is 22.6 Å². The van der Waals surface area contributed by atoms with Gasteiger partial charge in [0.05, 0.1) is 22.5 Å². The molecule has 5 nitrogen and oxygen atoms in total. The van der Waals surface area contributed by atoms with Crippen LogP contribution in [0.1, 0.15) is 16.3 Å². The van der Waals surface area contributed by atoms with Gasteiger partial charge in [-0.15, -0.1) is 23.1 Å². The molecule has 3 rings (SSSR count). The van der Waals surface area contributed by atoms with Crippen LogP contribution in [0.25, 0.3) is 0 Å². The van der Waals surface area contributed by atoms with Crippen LogP contribution in [0.5, 0.6) is 0 Å². The van der Waals surface area contributed by atoms with Crippen molar-refractivity contribution in [3.05, 3.63) is 51.7 Å². The number of thiazole rings is 1. The standard InChI is InChI=1S/C17H18FN3O2S2/c1-10-20-12(8-24-10)7-19-16(22)14-9-25-15(17(23)21-14)6-11-4-2-3-5-13(11)18/h2-5,8,14-15H,6-7,9H2,1H3,(H,19,22)(H,21,23). The van der Waals surface area contributed by atoms with Gasteiger partial charge in [-0.25, -0.2) is 9.37 Å². The van der Waals surface area contributed by atoms with Crippen LogP contribution in [0.2, 0.25) is 0 Å². The monoisotopic (exact) mass is 379 g/mol. The third-order valence-corrected chi connectivity index (χ3v) is 5.99. The minimum atomic E-state index is -0.575. The summed E-state index contributed by atoms with van der Waals surface area (Å²) in [6.07, 6.45) is 0.315. The molecule has 0 spiro atoms. The van der Waals surface area contributed by atoms with Crippen LogP contribution >= 0.6 is 23.1 Å². The lowest BCUT2D eigenvalue weighted by Crippen LogP contribution is -2.54. The third-order valence-electron chi connectivity index (χ3n) is 3.86. The fourth-order valence-corrected chi connectivity index (χ4v) is 4.33. The quantitative estimate of drug-likeness (QED) is 0.834. The Morgan fingerprint density at radius 2 is 2.24 bits per heavy atom. The molecule has 132 valence electrons. The Morgan fingerprint density at radius 3 is 2.92 bits per heavy atom. The van der Waals surface area contributed by atoms with Gasteiger partial charge in [-0.1, -0.05) is 18.2 Å². The van der Waals surface area contributed by atoms with Crippen LogP contribution in [-0.4, -0.2) is 33.8 Å². The van der Waals surface area contributed by atoms with E-state index in [1.54, 1.807) is 18.2 Å². The van der Waals surface area contributed by atoms with Gasteiger partial charge in [0.1, 0.15) is 11.9 Å². The molecule has 2 amide bonds. The van der Waals surface area contributed by atoms with Crippen molar-refractivity contribution in [2.24, 2.45) is 0 Å². The van der Waals surface area contributed by atoms with Gasteiger partial charge in [0.25, 0.3) is 0 Å². The summed E-state index contributed by atoms with van der Waals surface area (Å²) in [6.45, 7) is 2.25. The first kappa shape index (κ1) is 17.9. The van der Waals surface area contributed by atoms with Gasteiger partial charge in [-0.2, -0.15) is 0 Å². The molecule has 25 heavy (non-hydrogen) atoms. The number of aryl methyl sites for hydroxylation is 1. The molecule has 1 saturated heterocycles. The van der Waals surface area contributed by atoms with Crippen molar-refractivity contribution in [2.45, 2.75) is 31.2 Å². The number of aromatic nitrogens is 1. The van der Waals surface area contributed by atoms with Crippen LogP contribution in [0.15, 0.2) is 29.6 Å². The number of carbonyl (C=O) groups excluding carboxylic acids is 2. The molecule has 2 unspecified atom stereocenters. The van der Waals surface area contributed by atoms with Crippen LogP contribution in [0.4, 0.5) is 4.39 Å². The van der Waals surface area contributed by atoms with E-state index in [4.69, 9.17) is 0 Å². The van der Waals surface area contributed by atoms with E-state index in [2.05, 4.69) is 15.6 Å². The van der Waals surface area contributed by atoms with E-state index in [0.717, 1.165) is 10.7 Å². The van der Waals surface area contributed by atoms with Crippen LogP contribution in [0.3, 0.4) is 0 Å². The summed E-state index contributed by atoms with van der Waals surface area (Å²) >= 11 is 2.91. The molecule has 2 heterocycles. The Morgan fingerprint density at radius 1 is 1.44 bits per heavy atom. The highest BCUT2D eigenvalue weighted by Gasteiger charge is 2.32. The SMILES string of the molecule is Cc1nc(CNC(=O)C2CSC(Cc3ccccc3F)C(=O)N2)cs1. The van der Waals surface area contributed by atoms with Gasteiger partial charge in [-0.3, -0.25) is 9.59 Å². The number of carbonyl (C=O) groups is 2. The highest BCUT2D eigenvalue weighted by Crippen LogP contribution is 2.23. The van der Waals surface area contributed by atoms with Crippen molar-refractivity contribution in [1.82, 2.24) is 15.6 Å². The van der Waals surface area contributed by atoms with Crippen molar-refractivity contribution in [1.29, 1.82) is 0 Å². The highest BCUT2D eigenvalue weighted by atomic mass is 32.2. The van der Waals surface area contributed by atoms with Crippen molar-refractivity contribution in [2.75, 3.05) is 5.75 Å². The predicted molar refractivity (Wildman–Crippen MR) is 97.0 cm³/mol. The van der Waals surface area contributed by atoms with Crippen molar-refractivity contribution in [3.63, 3.8) is 0 Å². The van der Waals surface area contributed by atoms with Gasteiger partial charge in [0.2, 0.25) is 11.8 Å². The van der Waals surface area contributed by atoms with Gasteiger partial charge in [-0.05, 0) is 25.0 Å². The molecule has 2 atom stereocenters. The van der Waals surface area contributed by atoms with Crippen molar-refractivity contribution >= 4 is 34.9 Å². The molecule has 0 bridgehead atoms. The van der Waals surface area contributed by atoms with E-state index < -0.39 is 6.04 Å². The van der Waals surface area contributed by atoms with Crippen LogP contribution in [0, 0.1) is 12.7 Å². The number of benzene rings is 1. The van der Waals surface area contributed by atoms with E-state index in [1.807, 2.05) is 12.3 Å². The molecule has 1 aliphatic rings. The fraction of sp³-hybridized carbons (Fsp3) is 0.353. The second kappa shape index (κ2) is 7.97. The average Bonchev–Trinajstić information content (AvgIpc) is 3.02. The van der Waals surface area contributed by atoms with Crippen molar-refractivity contribution < 1.29 is 14.0 Å². The lowest BCUT2D eigenvalue weighted by molar-refractivity contribution is -0.128. The maximum Gasteiger partial charge on any atom is 0.243 e. The number of thioether (sulfide) groups is 1. The molecular formula is C17H18FN3O2S2. The Bertz CT molecular complexity index is 781. The highest BCUT2D eigenvalue weighted by molar-refractivity contribution is 8.00. The lowest BCUT2D eigenvalue weighted by Gasteiger charge is -2.28. The summed E-state index contributed by atoms with van der Waals surface area (Å²) in [5.41, 5.74) is 1.32. The smallest absolute Gasteiger partial charge is 0.243 e. The van der Waals surface area contributed by atoms with E-state index in [-0.39, 0.29) is 22.9 Å². The van der Waals surface area contributed by atoms with E-state index >= 15 is 0 Å². The zero-order chi connectivity index (χ0) is 17.8. The van der Waals surface area contributed by atoms with Gasteiger partial charge >= 0.3 is 0 Å². The first-order valence-electron chi connectivity index (χ1n) is 7.87. The predicted octanol–water partition coefficient (Wildman–Crippen LogP) is 2.05. The maximum atomic E-state index is 13.7. The molecule has 1 aromatic heterocycles. The third kappa shape index (κ3) is 4.58. The van der Waals surface area contributed by atoms with E-state index in [1.165, 1.54) is 29.2 Å². The normalized spacial score (nSPS) is 20.2. The fourth-order valence-electron chi connectivity index (χ4n) is 2.54. The molecule has 1 fully saturated rings. The van der Waals surface area contributed by atoms with Crippen molar-refractivity contribution in [3.8, 4) is 0 Å². The molecule has 0 radical (unpaired) electrons. The second-order valence-corrected chi connectivity index (χ2v) is 8.05. The summed E-state index contributed by atoms with van der Waals surface area (Å²) in [5.74, 6) is -0.304. The van der Waals surface area contributed by atoms with E-state index in [9.17, 15) is 14.0 Å². The zero-order valence-electron chi connectivity index (χ0n) is 13.6. The van der Waals surface area contributed by atoms with Crippen LogP contribution < -0.4 is 10.6 Å². The molecule has 1 aliphatic heterocycles. The van der Waals surface area contributed by atoms with Gasteiger partial charge in [0.15, 0.2) is 0 Å². The molecule has 2 N–H and O–H groups in total. The minimum Gasteiger partial charge on any atom is -0.349 e. The van der Waals surface area contributed by atoms with Gasteiger partial charge < -0.3 is 10.6 Å². The minimum absolute atomic E-state index is 0.226. The summed E-state index contributed by atoms with van der Waals surface area (Å²) in [7, 11) is 0. The molecule has 2 aromatic rings. The zero-order valence-corrected chi connectivity index (χ0v) is 15.3. The summed E-state index contributed by atoms with van der Waals surface area (Å²) in [6, 6.07) is 5.86. The summed E-state index contributed by atoms with van der Waals surface area (Å²) in [4.78, 5) is 28.8. The van der Waals surface area contributed by atoms with Gasteiger partial charge in [0, 0.05) is 11.1 Å². The Labute approximate surface area is 153 Å². The Hall–Kier alpha value is -1.93. The number of hydrogen-bond acceptors (Lipinski definition) is 5. The summed E-state index contributed by atoms with van der Waals surface area (Å²) in [5, 5.41) is 7.98. The Balaban J connectivity index is 1.51. The molecule has 0 saturated carbocycles. The number of rotatable bonds is 5. The number of halogens is 1. The largest absolute Gasteiger partial charge is 0.349 e. The molecule has 8 heteroatoms. The second-order valence-electron chi connectivity index (χ2n) is 5.75. The first-order chi connectivity index (χ1) is 12.0. The first-order valence-corrected chi connectivity index (χ1v) is 9.80. The molecule has 0 aliphatic carbocycles. The maximum absolute atomic E-state index is 13.7. The molecular weight excluding hydrogens is 361 g/mol. The number of nitrogens with one attached hydrogen (secondary N) is 2. The average molecular weight is 379 g/mol. The number of nitrogens with zero attached hydrogens (tertiary/aromatic N) is 1. The molecule has 1 aromatic carbocycles. The van der Waals surface area contributed by atoms with E-state index in [0.29, 0.717) is 24.3 Å². The summed E-state index contributed by atoms with van der Waals surface area (Å²) < 4.78 is 13.7. The Kier molecular flexibility index (Phi) is 5.70. The lowest BCUT2D eigenvalue weighted by atomic mass is 10.1. The number of amides is 2. The topological polar surface area (TPSA) is 71.1 Å². The number of hydrogen-bond donors (Lipinski definition) is 2.